The van der Waals surface area contributed by atoms with Crippen molar-refractivity contribution in [3.63, 3.8) is 0 Å². The summed E-state index contributed by atoms with van der Waals surface area (Å²) < 4.78 is 0. The Bertz CT molecular complexity index is 1350. The Balaban J connectivity index is 0.000000185. The molecule has 41 heavy (non-hydrogen) atoms. The molecule has 0 radical (unpaired) electrons. The second-order valence-corrected chi connectivity index (χ2v) is 15.5. The summed E-state index contributed by atoms with van der Waals surface area (Å²) in [6.07, 6.45) is 1.14. The van der Waals surface area contributed by atoms with Gasteiger partial charge in [0, 0.05) is 0 Å². The number of hydrogen-bond donors (Lipinski definition) is 0. The molecule has 6 aromatic rings. The summed E-state index contributed by atoms with van der Waals surface area (Å²) in [6, 6.07) is 65.3. The van der Waals surface area contributed by atoms with Gasteiger partial charge < -0.3 is 17.0 Å². The number of benzene rings is 6. The van der Waals surface area contributed by atoms with Crippen molar-refractivity contribution in [1.29, 1.82) is 0 Å². The van der Waals surface area contributed by atoms with Crippen molar-refractivity contribution < 1.29 is 17.0 Å². The molecule has 3 heteroatoms. The Labute approximate surface area is 258 Å². The van der Waals surface area contributed by atoms with Crippen LogP contribution in [0, 0.1) is 0 Å². The van der Waals surface area contributed by atoms with Crippen molar-refractivity contribution >= 4 is 47.0 Å². The zero-order valence-electron chi connectivity index (χ0n) is 23.3. The molecule has 0 nitrogen and oxygen atoms in total. The largest absolute Gasteiger partial charge is 1.00 e. The lowest BCUT2D eigenvalue weighted by Gasteiger charge is -2.26. The van der Waals surface area contributed by atoms with Crippen LogP contribution >= 0.6 is 15.2 Å². The van der Waals surface area contributed by atoms with E-state index in [9.17, 15) is 0 Å². The maximum atomic E-state index is 2.32. The molecule has 0 aromatic heterocycles. The van der Waals surface area contributed by atoms with E-state index in [-0.39, 0.29) is 17.0 Å². The molecule has 0 aliphatic heterocycles. The average Bonchev–Trinajstić information content (AvgIpc) is 3.05. The van der Waals surface area contributed by atoms with Crippen molar-refractivity contribution in [2.75, 3.05) is 6.16 Å². The van der Waals surface area contributed by atoms with Gasteiger partial charge in [0.1, 0.15) is 23.2 Å². The van der Waals surface area contributed by atoms with Crippen molar-refractivity contribution in [2.45, 2.75) is 6.92 Å². The molecule has 0 aliphatic carbocycles. The second kappa shape index (κ2) is 15.6. The van der Waals surface area contributed by atoms with Crippen molar-refractivity contribution in [1.82, 2.24) is 0 Å². The molecule has 204 valence electrons. The van der Waals surface area contributed by atoms with Gasteiger partial charge in [0.2, 0.25) is 0 Å². The summed E-state index contributed by atoms with van der Waals surface area (Å²) in [6.45, 7) is 2.32. The monoisotopic (exact) mass is 632 g/mol. The van der Waals surface area contributed by atoms with Crippen LogP contribution in [0.4, 0.5) is 0 Å². The van der Waals surface area contributed by atoms with Crippen LogP contribution in [0.15, 0.2) is 182 Å². The molecule has 0 amide bonds. The van der Waals surface area contributed by atoms with Crippen molar-refractivity contribution in [3.05, 3.63) is 182 Å². The smallest absolute Gasteiger partial charge is 0.111 e. The van der Waals surface area contributed by atoms with Gasteiger partial charge in [0.25, 0.3) is 0 Å². The minimum atomic E-state index is -1.53. The minimum Gasteiger partial charge on any atom is -1.00 e. The van der Waals surface area contributed by atoms with E-state index in [1.54, 1.807) is 0 Å². The van der Waals surface area contributed by atoms with Gasteiger partial charge in [-0.3, -0.25) is 0 Å². The van der Waals surface area contributed by atoms with Crippen LogP contribution in [-0.2, 0) is 0 Å². The molecule has 0 saturated carbocycles. The van der Waals surface area contributed by atoms with Crippen LogP contribution < -0.4 is 48.8 Å². The molecule has 0 fully saturated rings. The Morgan fingerprint density at radius 3 is 0.805 bits per heavy atom. The number of hydrogen-bond acceptors (Lipinski definition) is 0. The van der Waals surface area contributed by atoms with Gasteiger partial charge in [-0.05, 0) is 67.2 Å². The van der Waals surface area contributed by atoms with E-state index in [0.29, 0.717) is 0 Å². The van der Waals surface area contributed by atoms with Crippen LogP contribution in [0.2, 0.25) is 0 Å². The van der Waals surface area contributed by atoms with Gasteiger partial charge in [-0.1, -0.05) is 146 Å². The third-order valence-electron chi connectivity index (χ3n) is 7.11. The maximum Gasteiger partial charge on any atom is 0.111 e. The van der Waals surface area contributed by atoms with E-state index < -0.39 is 15.2 Å². The minimum absolute atomic E-state index is 0. The highest BCUT2D eigenvalue weighted by atomic mass is 79.9. The molecule has 0 heterocycles. The van der Waals surface area contributed by atoms with Gasteiger partial charge in [0.05, 0.1) is 6.16 Å². The van der Waals surface area contributed by atoms with Gasteiger partial charge in [-0.25, -0.2) is 0 Å². The lowest BCUT2D eigenvalue weighted by Crippen LogP contribution is -3.00. The zero-order chi connectivity index (χ0) is 27.5. The highest BCUT2D eigenvalue weighted by molar-refractivity contribution is 7.95. The lowest BCUT2D eigenvalue weighted by molar-refractivity contribution is -0.00000764. The Kier molecular flexibility index (Phi) is 11.7. The van der Waals surface area contributed by atoms with Gasteiger partial charge >= 0.3 is 0 Å². The fourth-order valence-electron chi connectivity index (χ4n) is 5.22. The summed E-state index contributed by atoms with van der Waals surface area (Å²) in [5, 5.41) is 8.58. The molecule has 0 spiro atoms. The second-order valence-electron chi connectivity index (χ2n) is 9.47. The molecule has 0 atom stereocenters. The summed E-state index contributed by atoms with van der Waals surface area (Å²) in [4.78, 5) is 0. The molecule has 6 rings (SSSR count). The van der Waals surface area contributed by atoms with E-state index in [4.69, 9.17) is 0 Å². The van der Waals surface area contributed by atoms with Crippen LogP contribution in [0.5, 0.6) is 0 Å². The van der Waals surface area contributed by atoms with Crippen molar-refractivity contribution in [2.24, 2.45) is 0 Å². The predicted molar refractivity (Wildman–Crippen MR) is 181 cm³/mol. The van der Waals surface area contributed by atoms with E-state index in [1.807, 2.05) is 0 Å². The lowest BCUT2D eigenvalue weighted by atomic mass is 10.4. The van der Waals surface area contributed by atoms with E-state index >= 15 is 0 Å². The van der Waals surface area contributed by atoms with Crippen LogP contribution in [-0.4, -0.2) is 6.16 Å². The Hall–Kier alpha value is -3.34. The van der Waals surface area contributed by atoms with E-state index in [0.717, 1.165) is 6.16 Å². The SMILES string of the molecule is CC[P+](c1ccccc1)(c1ccccc1)c1ccccc1.[Br-].c1ccc(P(c2ccccc2)c2ccccc2)cc1. The van der Waals surface area contributed by atoms with Crippen LogP contribution in [0.3, 0.4) is 0 Å². The van der Waals surface area contributed by atoms with Gasteiger partial charge in [-0.15, -0.1) is 0 Å². The quantitative estimate of drug-likeness (QED) is 0.228. The average molecular weight is 634 g/mol. The number of rotatable bonds is 7. The highest BCUT2D eigenvalue weighted by Gasteiger charge is 2.43. The van der Waals surface area contributed by atoms with E-state index in [2.05, 4.69) is 189 Å². The fourth-order valence-corrected chi connectivity index (χ4v) is 11.6. The summed E-state index contributed by atoms with van der Waals surface area (Å²) >= 11 is 0. The summed E-state index contributed by atoms with van der Waals surface area (Å²) in [7, 11) is -1.98. The third-order valence-corrected chi connectivity index (χ3v) is 14.0. The van der Waals surface area contributed by atoms with Gasteiger partial charge in [-0.2, -0.15) is 0 Å². The summed E-state index contributed by atoms with van der Waals surface area (Å²) in [5.41, 5.74) is 0. The first-order valence-corrected chi connectivity index (χ1v) is 17.1. The normalized spacial score (nSPS) is 10.7. The molecule has 0 N–H and O–H groups in total. The first-order valence-electron chi connectivity index (χ1n) is 13.8. The molecule has 6 aromatic carbocycles. The van der Waals surface area contributed by atoms with Crippen LogP contribution in [0.25, 0.3) is 0 Å². The zero-order valence-corrected chi connectivity index (χ0v) is 26.7. The molecule has 0 bridgehead atoms. The third kappa shape index (κ3) is 7.30. The Morgan fingerprint density at radius 2 is 0.585 bits per heavy atom. The topological polar surface area (TPSA) is 0 Å². The van der Waals surface area contributed by atoms with E-state index in [1.165, 1.54) is 31.8 Å². The molecule has 0 saturated heterocycles. The van der Waals surface area contributed by atoms with Crippen molar-refractivity contribution in [3.8, 4) is 0 Å². The standard InChI is InChI=1S/C20H20P.C18H15P.BrH/c1-2-21(18-12-6-3-7-13-18,19-14-8-4-9-15-19)20-16-10-5-11-17-20;1-4-10-16(11-5-1)19(17-12-6-2-7-13-17)18-14-8-3-9-15-18;/h3-17H,2H2,1H3;1-15H;1H/q+1;;/p-1. The van der Waals surface area contributed by atoms with Gasteiger partial charge in [0.15, 0.2) is 0 Å². The maximum absolute atomic E-state index is 2.32. The first kappa shape index (κ1) is 30.6. The molecule has 0 unspecified atom stereocenters. The van der Waals surface area contributed by atoms with Crippen LogP contribution in [0.1, 0.15) is 6.92 Å². The predicted octanol–water partition coefficient (Wildman–Crippen LogP) is 4.45. The highest BCUT2D eigenvalue weighted by Crippen LogP contribution is 2.54. The molecular weight excluding hydrogens is 598 g/mol. The molecular formula is C38H35BrP2. The fraction of sp³-hybridized carbons (Fsp3) is 0.0526. The first-order chi connectivity index (χ1) is 19.8. The summed E-state index contributed by atoms with van der Waals surface area (Å²) in [5.74, 6) is 0. The number of halogens is 1. The molecule has 0 aliphatic rings. The Morgan fingerprint density at radius 1 is 0.366 bits per heavy atom.